The lowest BCUT2D eigenvalue weighted by atomic mass is 10.1. The van der Waals surface area contributed by atoms with E-state index in [1.807, 2.05) is 18.2 Å². The Kier molecular flexibility index (Phi) is 6.10. The number of rotatable bonds is 8. The zero-order valence-corrected chi connectivity index (χ0v) is 12.9. The van der Waals surface area contributed by atoms with E-state index >= 15 is 0 Å². The molecule has 0 saturated carbocycles. The molecule has 0 bridgehead atoms. The third-order valence-electron chi connectivity index (χ3n) is 3.47. The van der Waals surface area contributed by atoms with Gasteiger partial charge in [-0.3, -0.25) is 14.7 Å². The second-order valence-corrected chi connectivity index (χ2v) is 5.52. The summed E-state index contributed by atoms with van der Waals surface area (Å²) < 4.78 is 0. The zero-order valence-electron chi connectivity index (χ0n) is 12.9. The predicted molar refractivity (Wildman–Crippen MR) is 86.4 cm³/mol. The minimum atomic E-state index is -0.742. The van der Waals surface area contributed by atoms with E-state index in [1.165, 1.54) is 11.1 Å². The van der Waals surface area contributed by atoms with Crippen LogP contribution < -0.4 is 0 Å². The van der Waals surface area contributed by atoms with Gasteiger partial charge >= 0.3 is 5.97 Å². The lowest BCUT2D eigenvalue weighted by Crippen LogP contribution is -2.25. The molecule has 1 aromatic carbocycles. The highest BCUT2D eigenvalue weighted by Crippen LogP contribution is 2.11. The fourth-order valence-electron chi connectivity index (χ4n) is 2.46. The number of hydrogen-bond acceptors (Lipinski definition) is 3. The fourth-order valence-corrected chi connectivity index (χ4v) is 2.46. The fraction of sp³-hybridized carbons (Fsp3) is 0.333. The highest BCUT2D eigenvalue weighted by atomic mass is 16.4. The van der Waals surface area contributed by atoms with E-state index in [1.54, 1.807) is 6.20 Å². The van der Waals surface area contributed by atoms with E-state index in [9.17, 15) is 4.79 Å². The molecule has 0 amide bonds. The zero-order chi connectivity index (χ0) is 15.8. The van der Waals surface area contributed by atoms with Crippen molar-refractivity contribution in [2.45, 2.75) is 32.9 Å². The molecule has 0 aliphatic rings. The van der Waals surface area contributed by atoms with Crippen molar-refractivity contribution in [3.8, 4) is 0 Å². The number of pyridine rings is 1. The van der Waals surface area contributed by atoms with Crippen molar-refractivity contribution in [3.63, 3.8) is 0 Å². The minimum absolute atomic E-state index is 0.201. The van der Waals surface area contributed by atoms with Gasteiger partial charge < -0.3 is 5.11 Å². The van der Waals surface area contributed by atoms with E-state index in [0.29, 0.717) is 6.42 Å². The largest absolute Gasteiger partial charge is 0.481 e. The van der Waals surface area contributed by atoms with E-state index in [0.717, 1.165) is 25.3 Å². The van der Waals surface area contributed by atoms with Crippen LogP contribution in [0.15, 0.2) is 48.7 Å². The molecule has 0 fully saturated rings. The molecule has 116 valence electrons. The SMILES string of the molecule is Cc1cccc(CN(CCCC(=O)O)Cc2ccccn2)c1. The normalized spacial score (nSPS) is 10.8. The van der Waals surface area contributed by atoms with Crippen LogP contribution in [0.25, 0.3) is 0 Å². The second kappa shape index (κ2) is 8.29. The van der Waals surface area contributed by atoms with Crippen molar-refractivity contribution in [3.05, 3.63) is 65.5 Å². The maximum Gasteiger partial charge on any atom is 0.303 e. The topological polar surface area (TPSA) is 53.4 Å². The van der Waals surface area contributed by atoms with Gasteiger partial charge in [0.15, 0.2) is 0 Å². The van der Waals surface area contributed by atoms with Gasteiger partial charge in [-0.2, -0.15) is 0 Å². The number of hydrogen-bond donors (Lipinski definition) is 1. The van der Waals surface area contributed by atoms with Crippen LogP contribution in [-0.4, -0.2) is 27.5 Å². The number of carbonyl (C=O) groups is 1. The van der Waals surface area contributed by atoms with Gasteiger partial charge in [-0.05, 0) is 37.6 Å². The first-order valence-electron chi connectivity index (χ1n) is 7.53. The summed E-state index contributed by atoms with van der Waals surface area (Å²) in [5.41, 5.74) is 3.48. The van der Waals surface area contributed by atoms with Crippen LogP contribution in [0.3, 0.4) is 0 Å². The Hall–Kier alpha value is -2.20. The van der Waals surface area contributed by atoms with Gasteiger partial charge in [-0.25, -0.2) is 0 Å². The van der Waals surface area contributed by atoms with E-state index < -0.39 is 5.97 Å². The quantitative estimate of drug-likeness (QED) is 0.812. The van der Waals surface area contributed by atoms with Crippen LogP contribution >= 0.6 is 0 Å². The van der Waals surface area contributed by atoms with Crippen molar-refractivity contribution < 1.29 is 9.90 Å². The minimum Gasteiger partial charge on any atom is -0.481 e. The van der Waals surface area contributed by atoms with Gasteiger partial charge in [-0.15, -0.1) is 0 Å². The third kappa shape index (κ3) is 5.66. The first-order chi connectivity index (χ1) is 10.6. The van der Waals surface area contributed by atoms with Crippen LogP contribution in [0.5, 0.6) is 0 Å². The average Bonchev–Trinajstić information content (AvgIpc) is 2.48. The van der Waals surface area contributed by atoms with Gasteiger partial charge in [0, 0.05) is 25.7 Å². The Morgan fingerprint density at radius 1 is 1.18 bits per heavy atom. The number of nitrogens with zero attached hydrogens (tertiary/aromatic N) is 2. The third-order valence-corrected chi connectivity index (χ3v) is 3.47. The van der Waals surface area contributed by atoms with E-state index in [4.69, 9.17) is 5.11 Å². The Morgan fingerprint density at radius 3 is 2.73 bits per heavy atom. The van der Waals surface area contributed by atoms with E-state index in [2.05, 4.69) is 41.1 Å². The standard InChI is InChI=1S/C18H22N2O2/c1-15-6-4-7-16(12-15)13-20(11-5-9-18(21)22)14-17-8-2-3-10-19-17/h2-4,6-8,10,12H,5,9,11,13-14H2,1H3,(H,21,22). The van der Waals surface area contributed by atoms with Crippen molar-refractivity contribution in [2.75, 3.05) is 6.54 Å². The molecule has 0 saturated heterocycles. The van der Waals surface area contributed by atoms with Gasteiger partial charge in [-0.1, -0.05) is 35.9 Å². The summed E-state index contributed by atoms with van der Waals surface area (Å²) in [7, 11) is 0. The Morgan fingerprint density at radius 2 is 2.05 bits per heavy atom. The highest BCUT2D eigenvalue weighted by Gasteiger charge is 2.09. The van der Waals surface area contributed by atoms with Crippen LogP contribution in [-0.2, 0) is 17.9 Å². The lowest BCUT2D eigenvalue weighted by molar-refractivity contribution is -0.137. The summed E-state index contributed by atoms with van der Waals surface area (Å²) in [6.07, 6.45) is 2.64. The van der Waals surface area contributed by atoms with Gasteiger partial charge in [0.2, 0.25) is 0 Å². The molecule has 2 aromatic rings. The molecule has 0 radical (unpaired) electrons. The Bertz CT molecular complexity index is 599. The molecule has 4 nitrogen and oxygen atoms in total. The first kappa shape index (κ1) is 16.2. The average molecular weight is 298 g/mol. The van der Waals surface area contributed by atoms with Crippen LogP contribution in [0.1, 0.15) is 29.7 Å². The first-order valence-corrected chi connectivity index (χ1v) is 7.53. The molecular formula is C18H22N2O2. The molecule has 0 spiro atoms. The monoisotopic (exact) mass is 298 g/mol. The van der Waals surface area contributed by atoms with Crippen molar-refractivity contribution in [1.82, 2.24) is 9.88 Å². The van der Waals surface area contributed by atoms with Crippen LogP contribution in [0.4, 0.5) is 0 Å². The summed E-state index contributed by atoms with van der Waals surface area (Å²) in [5, 5.41) is 8.81. The summed E-state index contributed by atoms with van der Waals surface area (Å²) in [4.78, 5) is 17.3. The number of benzene rings is 1. The molecule has 22 heavy (non-hydrogen) atoms. The lowest BCUT2D eigenvalue weighted by Gasteiger charge is -2.22. The number of carboxylic acids is 1. The molecule has 4 heteroatoms. The molecular weight excluding hydrogens is 276 g/mol. The van der Waals surface area contributed by atoms with Gasteiger partial charge in [0.05, 0.1) is 5.69 Å². The summed E-state index contributed by atoms with van der Waals surface area (Å²) in [6.45, 7) is 4.36. The molecule has 1 N–H and O–H groups in total. The predicted octanol–water partition coefficient (Wildman–Crippen LogP) is 3.26. The Balaban J connectivity index is 2.01. The van der Waals surface area contributed by atoms with Crippen LogP contribution in [0.2, 0.25) is 0 Å². The molecule has 0 aliphatic heterocycles. The molecule has 1 heterocycles. The number of aromatic nitrogens is 1. The molecule has 1 aromatic heterocycles. The summed E-state index contributed by atoms with van der Waals surface area (Å²) >= 11 is 0. The molecule has 0 unspecified atom stereocenters. The summed E-state index contributed by atoms with van der Waals surface area (Å²) in [5.74, 6) is -0.742. The van der Waals surface area contributed by atoms with Gasteiger partial charge in [0.25, 0.3) is 0 Å². The smallest absolute Gasteiger partial charge is 0.303 e. The van der Waals surface area contributed by atoms with Crippen LogP contribution in [0, 0.1) is 6.92 Å². The van der Waals surface area contributed by atoms with Crippen molar-refractivity contribution >= 4 is 5.97 Å². The molecule has 0 aliphatic carbocycles. The second-order valence-electron chi connectivity index (χ2n) is 5.52. The summed E-state index contributed by atoms with van der Waals surface area (Å²) in [6, 6.07) is 14.3. The van der Waals surface area contributed by atoms with Crippen molar-refractivity contribution in [1.29, 1.82) is 0 Å². The Labute approximate surface area is 131 Å². The number of aryl methyl sites for hydroxylation is 1. The molecule has 0 atom stereocenters. The van der Waals surface area contributed by atoms with E-state index in [-0.39, 0.29) is 6.42 Å². The highest BCUT2D eigenvalue weighted by molar-refractivity contribution is 5.66. The maximum absolute atomic E-state index is 10.7. The van der Waals surface area contributed by atoms with Gasteiger partial charge in [0.1, 0.15) is 0 Å². The number of carboxylic acid groups (broad SMARTS) is 1. The maximum atomic E-state index is 10.7. The molecule has 2 rings (SSSR count). The van der Waals surface area contributed by atoms with Crippen molar-refractivity contribution in [2.24, 2.45) is 0 Å². The number of aliphatic carboxylic acids is 1.